The van der Waals surface area contributed by atoms with Crippen molar-refractivity contribution in [2.75, 3.05) is 23.7 Å². The van der Waals surface area contributed by atoms with Crippen LogP contribution in [-0.2, 0) is 14.8 Å². The molecule has 2 saturated heterocycles. The molecule has 5 nitrogen and oxygen atoms in total. The smallest absolute Gasteiger partial charge is 0.243 e. The highest BCUT2D eigenvalue weighted by Crippen LogP contribution is 2.47. The Balaban J connectivity index is 1.57. The van der Waals surface area contributed by atoms with Gasteiger partial charge in [-0.3, -0.25) is 9.69 Å². The molecule has 2 aromatic rings. The van der Waals surface area contributed by atoms with E-state index >= 15 is 0 Å². The lowest BCUT2D eigenvalue weighted by molar-refractivity contribution is -0.116. The number of hydrogen-bond donors (Lipinski definition) is 0. The fourth-order valence-corrected chi connectivity index (χ4v) is 6.77. The zero-order valence-corrected chi connectivity index (χ0v) is 17.7. The summed E-state index contributed by atoms with van der Waals surface area (Å²) in [5, 5.41) is 0. The van der Waals surface area contributed by atoms with Crippen LogP contribution in [-0.4, -0.2) is 42.3 Å². The molecule has 4 rings (SSSR count). The van der Waals surface area contributed by atoms with Gasteiger partial charge < -0.3 is 0 Å². The van der Waals surface area contributed by atoms with Gasteiger partial charge in [-0.05, 0) is 56.5 Å². The number of thioether (sulfide) groups is 1. The summed E-state index contributed by atoms with van der Waals surface area (Å²) < 4.78 is 27.6. The monoisotopic (exact) mass is 416 g/mol. The Morgan fingerprint density at radius 3 is 2.29 bits per heavy atom. The van der Waals surface area contributed by atoms with Gasteiger partial charge in [-0.15, -0.1) is 11.8 Å². The van der Waals surface area contributed by atoms with Gasteiger partial charge in [-0.2, -0.15) is 4.31 Å². The van der Waals surface area contributed by atoms with Crippen molar-refractivity contribution in [3.05, 3.63) is 59.7 Å². The van der Waals surface area contributed by atoms with Crippen LogP contribution in [0.25, 0.3) is 0 Å². The van der Waals surface area contributed by atoms with Gasteiger partial charge in [0.1, 0.15) is 0 Å². The van der Waals surface area contributed by atoms with Gasteiger partial charge in [0.25, 0.3) is 0 Å². The Labute approximate surface area is 170 Å². The normalized spacial score (nSPS) is 20.1. The molecule has 2 aliphatic rings. The predicted octanol–water partition coefficient (Wildman–Crippen LogP) is 3.56. The van der Waals surface area contributed by atoms with Gasteiger partial charge in [0.15, 0.2) is 0 Å². The number of hydrogen-bond acceptors (Lipinski definition) is 4. The first-order valence-electron chi connectivity index (χ1n) is 9.42. The molecule has 1 spiro atoms. The minimum absolute atomic E-state index is 0.102. The van der Waals surface area contributed by atoms with Crippen LogP contribution < -0.4 is 4.90 Å². The summed E-state index contributed by atoms with van der Waals surface area (Å²) in [7, 11) is -3.51. The first-order chi connectivity index (χ1) is 13.3. The minimum Gasteiger partial charge on any atom is -0.296 e. The molecular weight excluding hydrogens is 392 g/mol. The minimum atomic E-state index is -3.51. The van der Waals surface area contributed by atoms with E-state index in [1.54, 1.807) is 28.2 Å². The first kappa shape index (κ1) is 19.5. The average molecular weight is 417 g/mol. The molecule has 7 heteroatoms. The van der Waals surface area contributed by atoms with Crippen LogP contribution in [0.4, 0.5) is 5.69 Å². The summed E-state index contributed by atoms with van der Waals surface area (Å²) in [6.07, 6.45) is 1.25. The van der Waals surface area contributed by atoms with E-state index in [9.17, 15) is 13.2 Å². The lowest BCUT2D eigenvalue weighted by Gasteiger charge is -2.43. The molecule has 2 fully saturated rings. The highest BCUT2D eigenvalue weighted by molar-refractivity contribution is 8.02. The Morgan fingerprint density at radius 2 is 1.64 bits per heavy atom. The van der Waals surface area contributed by atoms with Crippen LogP contribution in [0.3, 0.4) is 0 Å². The third-order valence-corrected chi connectivity index (χ3v) is 8.98. The molecule has 0 unspecified atom stereocenters. The van der Waals surface area contributed by atoms with Crippen molar-refractivity contribution in [1.82, 2.24) is 4.31 Å². The molecule has 0 aliphatic carbocycles. The Hall–Kier alpha value is -1.83. The molecule has 2 heterocycles. The van der Waals surface area contributed by atoms with E-state index in [1.807, 2.05) is 55.1 Å². The van der Waals surface area contributed by atoms with E-state index < -0.39 is 10.0 Å². The molecule has 28 heavy (non-hydrogen) atoms. The van der Waals surface area contributed by atoms with Crippen LogP contribution in [0.5, 0.6) is 0 Å². The summed E-state index contributed by atoms with van der Waals surface area (Å²) in [6.45, 7) is 4.79. The number of sulfonamides is 1. The van der Waals surface area contributed by atoms with E-state index in [1.165, 1.54) is 0 Å². The number of carbonyl (C=O) groups is 1. The number of benzene rings is 2. The SMILES string of the molecule is Cc1ccc(S(=O)(=O)N2CCC3(CC2)SCC(=O)N3c2cccc(C)c2)cc1. The topological polar surface area (TPSA) is 57.7 Å². The molecule has 0 radical (unpaired) electrons. The van der Waals surface area contributed by atoms with Gasteiger partial charge in [0.2, 0.25) is 15.9 Å². The fraction of sp³-hybridized carbons (Fsp3) is 0.381. The van der Waals surface area contributed by atoms with E-state index in [2.05, 4.69) is 0 Å². The van der Waals surface area contributed by atoms with Gasteiger partial charge in [-0.1, -0.05) is 29.8 Å². The Morgan fingerprint density at radius 1 is 0.964 bits per heavy atom. The third kappa shape index (κ3) is 3.36. The molecule has 0 N–H and O–H groups in total. The Kier molecular flexibility index (Phi) is 5.02. The maximum Gasteiger partial charge on any atom is 0.243 e. The fourth-order valence-electron chi connectivity index (χ4n) is 4.00. The highest BCUT2D eigenvalue weighted by Gasteiger charge is 2.49. The maximum absolute atomic E-state index is 13.0. The van der Waals surface area contributed by atoms with Gasteiger partial charge in [-0.25, -0.2) is 8.42 Å². The highest BCUT2D eigenvalue weighted by atomic mass is 32.2. The second-order valence-corrected chi connectivity index (χ2v) is 10.8. The Bertz CT molecular complexity index is 995. The van der Waals surface area contributed by atoms with Crippen LogP contribution in [0.1, 0.15) is 24.0 Å². The summed E-state index contributed by atoms with van der Waals surface area (Å²) in [4.78, 5) is 14.5. The van der Waals surface area contributed by atoms with Crippen molar-refractivity contribution >= 4 is 33.4 Å². The molecule has 148 valence electrons. The molecular formula is C21H24N2O3S2. The van der Waals surface area contributed by atoms with Crippen LogP contribution in [0.2, 0.25) is 0 Å². The third-order valence-electron chi connectivity index (χ3n) is 5.54. The number of carbonyl (C=O) groups excluding carboxylic acids is 1. The quantitative estimate of drug-likeness (QED) is 0.768. The van der Waals surface area contributed by atoms with Crippen molar-refractivity contribution in [2.45, 2.75) is 36.5 Å². The van der Waals surface area contributed by atoms with Crippen LogP contribution in [0, 0.1) is 13.8 Å². The molecule has 1 amide bonds. The molecule has 0 saturated carbocycles. The van der Waals surface area contributed by atoms with Gasteiger partial charge in [0.05, 0.1) is 15.5 Å². The number of piperidine rings is 1. The average Bonchev–Trinajstić information content (AvgIpc) is 2.98. The zero-order chi connectivity index (χ0) is 19.9. The largest absolute Gasteiger partial charge is 0.296 e. The number of nitrogens with zero attached hydrogens (tertiary/aromatic N) is 2. The zero-order valence-electron chi connectivity index (χ0n) is 16.1. The second kappa shape index (κ2) is 7.21. The van der Waals surface area contributed by atoms with Crippen LogP contribution >= 0.6 is 11.8 Å². The molecule has 2 aromatic carbocycles. The van der Waals surface area contributed by atoms with E-state index in [0.29, 0.717) is 36.6 Å². The second-order valence-electron chi connectivity index (χ2n) is 7.52. The summed E-state index contributed by atoms with van der Waals surface area (Å²) in [6, 6.07) is 15.0. The van der Waals surface area contributed by atoms with Crippen molar-refractivity contribution < 1.29 is 13.2 Å². The number of aryl methyl sites for hydroxylation is 2. The standard InChI is InChI=1S/C21H24N2O3S2/c1-16-6-8-19(9-7-16)28(25,26)22-12-10-21(11-13-22)23(20(24)15-27-21)18-5-3-4-17(2)14-18/h3-9,14H,10-13,15H2,1-2H3. The number of anilines is 1. The number of rotatable bonds is 3. The van der Waals surface area contributed by atoms with Crippen molar-refractivity contribution in [3.8, 4) is 0 Å². The van der Waals surface area contributed by atoms with Crippen molar-refractivity contribution in [1.29, 1.82) is 0 Å². The molecule has 0 bridgehead atoms. The van der Waals surface area contributed by atoms with E-state index in [0.717, 1.165) is 16.8 Å². The van der Waals surface area contributed by atoms with Crippen LogP contribution in [0.15, 0.2) is 53.4 Å². The summed E-state index contributed by atoms with van der Waals surface area (Å²) in [5.74, 6) is 0.545. The molecule has 0 aromatic heterocycles. The predicted molar refractivity (Wildman–Crippen MR) is 113 cm³/mol. The number of amides is 1. The van der Waals surface area contributed by atoms with E-state index in [-0.39, 0.29) is 10.8 Å². The summed E-state index contributed by atoms with van der Waals surface area (Å²) in [5.41, 5.74) is 3.05. The van der Waals surface area contributed by atoms with Crippen molar-refractivity contribution in [3.63, 3.8) is 0 Å². The van der Waals surface area contributed by atoms with E-state index in [4.69, 9.17) is 0 Å². The molecule has 0 atom stereocenters. The molecule has 2 aliphatic heterocycles. The first-order valence-corrected chi connectivity index (χ1v) is 11.8. The van der Waals surface area contributed by atoms with Gasteiger partial charge >= 0.3 is 0 Å². The lowest BCUT2D eigenvalue weighted by Crippen LogP contribution is -2.53. The lowest BCUT2D eigenvalue weighted by atomic mass is 10.0. The maximum atomic E-state index is 13.0. The van der Waals surface area contributed by atoms with Crippen molar-refractivity contribution in [2.24, 2.45) is 0 Å². The van der Waals surface area contributed by atoms with Gasteiger partial charge in [0, 0.05) is 18.8 Å². The summed E-state index contributed by atoms with van der Waals surface area (Å²) >= 11 is 1.65.